The van der Waals surface area contributed by atoms with Crippen molar-refractivity contribution in [2.75, 3.05) is 25.5 Å². The van der Waals surface area contributed by atoms with Crippen molar-refractivity contribution >= 4 is 34.8 Å². The van der Waals surface area contributed by atoms with Crippen LogP contribution >= 0.6 is 0 Å². The van der Waals surface area contributed by atoms with E-state index in [1.54, 1.807) is 16.8 Å². The van der Waals surface area contributed by atoms with Crippen molar-refractivity contribution < 1.29 is 23.9 Å². The molecule has 1 saturated heterocycles. The quantitative estimate of drug-likeness (QED) is 0.373. The SMILES string of the molecule is CN1CCC[C@@H]1c1cc2cnc(NC(=O)CCCCCCNC(=O)OC(C)(C)C)cc2n1C(=O)OC(C)(C)C. The minimum atomic E-state index is -0.637. The molecule has 1 aliphatic heterocycles. The van der Waals surface area contributed by atoms with Gasteiger partial charge in [-0.3, -0.25) is 9.69 Å². The third-order valence-corrected chi connectivity index (χ3v) is 6.42. The Balaban J connectivity index is 1.57. The number of pyridine rings is 1. The van der Waals surface area contributed by atoms with Crippen molar-refractivity contribution in [1.29, 1.82) is 0 Å². The van der Waals surface area contributed by atoms with Crippen LogP contribution in [0.3, 0.4) is 0 Å². The van der Waals surface area contributed by atoms with Gasteiger partial charge in [0.15, 0.2) is 0 Å². The van der Waals surface area contributed by atoms with Crippen LogP contribution in [0.2, 0.25) is 0 Å². The number of hydrogen-bond donors (Lipinski definition) is 2. The fourth-order valence-electron chi connectivity index (χ4n) is 4.71. The number of nitrogens with one attached hydrogen (secondary N) is 2. The van der Waals surface area contributed by atoms with Gasteiger partial charge in [-0.05, 0) is 86.9 Å². The van der Waals surface area contributed by atoms with Gasteiger partial charge in [-0.2, -0.15) is 0 Å². The highest BCUT2D eigenvalue weighted by Gasteiger charge is 2.30. The number of hydrogen-bond acceptors (Lipinski definition) is 7. The van der Waals surface area contributed by atoms with Crippen LogP contribution in [-0.2, 0) is 14.3 Å². The lowest BCUT2D eigenvalue weighted by molar-refractivity contribution is -0.116. The number of aromatic nitrogens is 2. The van der Waals surface area contributed by atoms with Gasteiger partial charge in [-0.25, -0.2) is 19.1 Å². The van der Waals surface area contributed by atoms with E-state index in [9.17, 15) is 14.4 Å². The highest BCUT2D eigenvalue weighted by atomic mass is 16.6. The highest BCUT2D eigenvalue weighted by Crippen LogP contribution is 2.35. The molecule has 1 aliphatic rings. The zero-order chi connectivity index (χ0) is 28.8. The number of anilines is 1. The summed E-state index contributed by atoms with van der Waals surface area (Å²) in [4.78, 5) is 44.2. The van der Waals surface area contributed by atoms with E-state index < -0.39 is 23.4 Å². The van der Waals surface area contributed by atoms with E-state index in [0.29, 0.717) is 24.3 Å². The topological polar surface area (TPSA) is 115 Å². The molecule has 0 saturated carbocycles. The number of alkyl carbamates (subject to hydrolysis) is 1. The fraction of sp³-hybridized carbons (Fsp3) is 0.655. The standard InChI is InChI=1S/C29H45N5O5/c1-28(2,3)38-26(36)30-15-11-9-8-10-14-25(35)32-24-18-22-20(19-31-24)17-23(21-13-12-16-33(21)7)34(22)27(37)39-29(4,5)6/h17-19,21H,8-16H2,1-7H3,(H,30,36)(H,31,32,35)/t21-/m1/s1. The van der Waals surface area contributed by atoms with Gasteiger partial charge < -0.3 is 20.1 Å². The Labute approximate surface area is 231 Å². The second-order valence-electron chi connectivity index (χ2n) is 12.3. The van der Waals surface area contributed by atoms with Gasteiger partial charge >= 0.3 is 12.2 Å². The number of carbonyl (C=O) groups is 3. The maximum atomic E-state index is 13.3. The summed E-state index contributed by atoms with van der Waals surface area (Å²) in [5.41, 5.74) is 0.403. The van der Waals surface area contributed by atoms with E-state index in [-0.39, 0.29) is 11.9 Å². The van der Waals surface area contributed by atoms with Crippen LogP contribution in [0.25, 0.3) is 10.9 Å². The molecule has 2 N–H and O–H groups in total. The number of amides is 2. The van der Waals surface area contributed by atoms with Crippen molar-refractivity contribution in [3.8, 4) is 0 Å². The maximum Gasteiger partial charge on any atom is 0.419 e. The summed E-state index contributed by atoms with van der Waals surface area (Å²) >= 11 is 0. The monoisotopic (exact) mass is 543 g/mol. The van der Waals surface area contributed by atoms with Crippen LogP contribution in [0.5, 0.6) is 0 Å². The van der Waals surface area contributed by atoms with Gasteiger partial charge in [0, 0.05) is 36.3 Å². The second kappa shape index (κ2) is 12.8. The lowest BCUT2D eigenvalue weighted by atomic mass is 10.1. The van der Waals surface area contributed by atoms with E-state index in [2.05, 4.69) is 27.6 Å². The van der Waals surface area contributed by atoms with Crippen LogP contribution in [-0.4, -0.2) is 63.9 Å². The number of fused-ring (bicyclic) bond motifs is 1. The zero-order valence-corrected chi connectivity index (χ0v) is 24.6. The highest BCUT2D eigenvalue weighted by molar-refractivity contribution is 5.95. The van der Waals surface area contributed by atoms with E-state index in [1.807, 2.05) is 47.6 Å². The average molecular weight is 544 g/mol. The van der Waals surface area contributed by atoms with Gasteiger partial charge in [0.1, 0.15) is 17.0 Å². The molecule has 1 atom stereocenters. The first-order chi connectivity index (χ1) is 18.2. The maximum absolute atomic E-state index is 13.3. The molecule has 0 aromatic carbocycles. The molecule has 0 radical (unpaired) electrons. The molecule has 2 amide bonds. The molecule has 216 valence electrons. The summed E-state index contributed by atoms with van der Waals surface area (Å²) in [6.45, 7) is 12.6. The van der Waals surface area contributed by atoms with Crippen molar-refractivity contribution in [3.63, 3.8) is 0 Å². The predicted octanol–water partition coefficient (Wildman–Crippen LogP) is 6.00. The number of likely N-dealkylation sites (tertiary alicyclic amines) is 1. The number of rotatable bonds is 9. The Hall–Kier alpha value is -3.14. The van der Waals surface area contributed by atoms with E-state index in [0.717, 1.165) is 56.1 Å². The summed E-state index contributed by atoms with van der Waals surface area (Å²) in [5.74, 6) is 0.281. The molecule has 39 heavy (non-hydrogen) atoms. The largest absolute Gasteiger partial charge is 0.444 e. The van der Waals surface area contributed by atoms with Crippen LogP contribution in [0.15, 0.2) is 18.3 Å². The Kier molecular flexibility index (Phi) is 9.98. The van der Waals surface area contributed by atoms with Gasteiger partial charge in [0.25, 0.3) is 0 Å². The Morgan fingerprint density at radius 2 is 1.69 bits per heavy atom. The molecule has 2 aromatic rings. The second-order valence-corrected chi connectivity index (χ2v) is 12.3. The third kappa shape index (κ3) is 9.23. The Bertz CT molecular complexity index is 1160. The lowest BCUT2D eigenvalue weighted by Gasteiger charge is -2.24. The molecule has 0 spiro atoms. The van der Waals surface area contributed by atoms with Gasteiger partial charge in [0.05, 0.1) is 11.6 Å². The first kappa shape index (κ1) is 30.4. The first-order valence-corrected chi connectivity index (χ1v) is 14.0. The van der Waals surface area contributed by atoms with Crippen LogP contribution < -0.4 is 10.6 Å². The molecule has 10 nitrogen and oxygen atoms in total. The predicted molar refractivity (Wildman–Crippen MR) is 152 cm³/mol. The Morgan fingerprint density at radius 3 is 2.33 bits per heavy atom. The average Bonchev–Trinajstić information content (AvgIpc) is 3.38. The summed E-state index contributed by atoms with van der Waals surface area (Å²) < 4.78 is 12.6. The summed E-state index contributed by atoms with van der Waals surface area (Å²) in [5, 5.41) is 6.45. The smallest absolute Gasteiger partial charge is 0.419 e. The number of ether oxygens (including phenoxy) is 2. The fourth-order valence-corrected chi connectivity index (χ4v) is 4.71. The molecular weight excluding hydrogens is 498 g/mol. The van der Waals surface area contributed by atoms with E-state index in [1.165, 1.54) is 0 Å². The van der Waals surface area contributed by atoms with E-state index >= 15 is 0 Å². The normalized spacial score (nSPS) is 16.3. The first-order valence-electron chi connectivity index (χ1n) is 14.0. The molecule has 10 heteroatoms. The Morgan fingerprint density at radius 1 is 1.00 bits per heavy atom. The van der Waals surface area contributed by atoms with Crippen molar-refractivity contribution in [2.24, 2.45) is 0 Å². The van der Waals surface area contributed by atoms with Crippen molar-refractivity contribution in [2.45, 2.75) is 104 Å². The summed E-state index contributed by atoms with van der Waals surface area (Å²) in [6.07, 6.45) is 6.56. The molecule has 3 heterocycles. The van der Waals surface area contributed by atoms with E-state index in [4.69, 9.17) is 9.47 Å². The molecular formula is C29H45N5O5. The molecule has 3 rings (SSSR count). The number of nitrogens with zero attached hydrogens (tertiary/aromatic N) is 3. The van der Waals surface area contributed by atoms with Crippen LogP contribution in [0.1, 0.15) is 98.2 Å². The molecule has 2 aromatic heterocycles. The number of unbranched alkanes of at least 4 members (excludes halogenated alkanes) is 3. The lowest BCUT2D eigenvalue weighted by Crippen LogP contribution is -2.32. The third-order valence-electron chi connectivity index (χ3n) is 6.42. The van der Waals surface area contributed by atoms with Crippen LogP contribution in [0, 0.1) is 0 Å². The van der Waals surface area contributed by atoms with Crippen molar-refractivity contribution in [1.82, 2.24) is 19.8 Å². The number of carbonyl (C=O) groups excluding carboxylic acids is 3. The van der Waals surface area contributed by atoms with Crippen LogP contribution in [0.4, 0.5) is 15.4 Å². The molecule has 0 unspecified atom stereocenters. The molecule has 1 fully saturated rings. The van der Waals surface area contributed by atoms with Gasteiger partial charge in [-0.1, -0.05) is 12.8 Å². The minimum absolute atomic E-state index is 0.113. The zero-order valence-electron chi connectivity index (χ0n) is 24.6. The van der Waals surface area contributed by atoms with Gasteiger partial charge in [-0.15, -0.1) is 0 Å². The minimum Gasteiger partial charge on any atom is -0.444 e. The molecule has 0 aliphatic carbocycles. The van der Waals surface area contributed by atoms with Crippen molar-refractivity contribution in [3.05, 3.63) is 24.0 Å². The summed E-state index contributed by atoms with van der Waals surface area (Å²) in [7, 11) is 2.07. The van der Waals surface area contributed by atoms with Gasteiger partial charge in [0.2, 0.25) is 5.91 Å². The summed E-state index contributed by atoms with van der Waals surface area (Å²) in [6, 6.07) is 3.86. The molecule has 0 bridgehead atoms.